The fraction of sp³-hybridized carbons (Fsp3) is 0.130. The summed E-state index contributed by atoms with van der Waals surface area (Å²) < 4.78 is 12.3. The van der Waals surface area contributed by atoms with Crippen LogP contribution in [0.1, 0.15) is 33.4 Å². The molecular weight excluding hydrogens is 432 g/mol. The third-order valence-electron chi connectivity index (χ3n) is 4.48. The summed E-state index contributed by atoms with van der Waals surface area (Å²) in [5.74, 6) is 0.516. The minimum absolute atomic E-state index is 0.192. The zero-order valence-electron chi connectivity index (χ0n) is 16.7. The van der Waals surface area contributed by atoms with Gasteiger partial charge in [0.05, 0.1) is 10.8 Å². The Morgan fingerprint density at radius 1 is 1.00 bits per heavy atom. The molecule has 0 saturated heterocycles. The van der Waals surface area contributed by atoms with Crippen LogP contribution >= 0.6 is 23.1 Å². The van der Waals surface area contributed by atoms with E-state index in [0.29, 0.717) is 29.3 Å². The minimum Gasteiger partial charge on any atom is -0.494 e. The van der Waals surface area contributed by atoms with Gasteiger partial charge < -0.3 is 9.15 Å². The molecule has 6 nitrogen and oxygen atoms in total. The van der Waals surface area contributed by atoms with Gasteiger partial charge in [-0.2, -0.15) is 0 Å². The highest BCUT2D eigenvalue weighted by Crippen LogP contribution is 2.33. The first-order chi connectivity index (χ1) is 15.2. The standard InChI is InChI=1S/C23H20N2O4S2/c1-2-28-16-11-9-15(10-12-16)22(26)24-25-23(27)21-18(14-31-20-8-5-13-30-20)17-6-3-4-7-19(17)29-21/h3-13H,2,14H2,1H3,(H,24,26)(H,25,27). The predicted molar refractivity (Wildman–Crippen MR) is 123 cm³/mol. The smallest absolute Gasteiger partial charge is 0.305 e. The molecule has 158 valence electrons. The molecule has 4 rings (SSSR count). The maximum absolute atomic E-state index is 12.8. The molecule has 2 N–H and O–H groups in total. The maximum Gasteiger partial charge on any atom is 0.305 e. The molecule has 0 aliphatic heterocycles. The Morgan fingerprint density at radius 3 is 2.52 bits per heavy atom. The minimum atomic E-state index is -0.503. The monoisotopic (exact) mass is 452 g/mol. The van der Waals surface area contributed by atoms with Crippen molar-refractivity contribution in [3.05, 3.63) is 82.9 Å². The molecule has 2 aromatic carbocycles. The summed E-state index contributed by atoms with van der Waals surface area (Å²) in [7, 11) is 0. The number of hydrogen-bond acceptors (Lipinski definition) is 6. The number of fused-ring (bicyclic) bond motifs is 1. The van der Waals surface area contributed by atoms with Crippen LogP contribution in [0.5, 0.6) is 5.75 Å². The van der Waals surface area contributed by atoms with Crippen LogP contribution in [0.4, 0.5) is 0 Å². The van der Waals surface area contributed by atoms with Crippen LogP contribution in [0, 0.1) is 0 Å². The number of furan rings is 1. The molecule has 0 radical (unpaired) electrons. The third kappa shape index (κ3) is 4.92. The molecule has 0 aliphatic rings. The summed E-state index contributed by atoms with van der Waals surface area (Å²) in [6.07, 6.45) is 0. The average Bonchev–Trinajstić information content (AvgIpc) is 3.44. The first-order valence-electron chi connectivity index (χ1n) is 9.66. The molecule has 31 heavy (non-hydrogen) atoms. The quantitative estimate of drug-likeness (QED) is 0.295. The lowest BCUT2D eigenvalue weighted by Gasteiger charge is -2.08. The van der Waals surface area contributed by atoms with Gasteiger partial charge in [-0.1, -0.05) is 24.3 Å². The van der Waals surface area contributed by atoms with Crippen LogP contribution in [-0.4, -0.2) is 18.4 Å². The van der Waals surface area contributed by atoms with Crippen molar-refractivity contribution in [1.82, 2.24) is 10.9 Å². The van der Waals surface area contributed by atoms with Gasteiger partial charge >= 0.3 is 5.91 Å². The third-order valence-corrected chi connectivity index (χ3v) is 6.63. The van der Waals surface area contributed by atoms with Gasteiger partial charge in [0.1, 0.15) is 11.3 Å². The van der Waals surface area contributed by atoms with Gasteiger partial charge in [0.25, 0.3) is 5.91 Å². The highest BCUT2D eigenvalue weighted by Gasteiger charge is 2.21. The number of nitrogens with one attached hydrogen (secondary N) is 2. The lowest BCUT2D eigenvalue weighted by Crippen LogP contribution is -2.41. The van der Waals surface area contributed by atoms with Gasteiger partial charge in [-0.25, -0.2) is 0 Å². The Balaban J connectivity index is 1.47. The number of hydrazine groups is 1. The highest BCUT2D eigenvalue weighted by molar-refractivity contribution is 8.00. The van der Waals surface area contributed by atoms with Crippen molar-refractivity contribution < 1.29 is 18.7 Å². The molecule has 8 heteroatoms. The molecular formula is C23H20N2O4S2. The molecule has 0 bridgehead atoms. The number of amides is 2. The van der Waals surface area contributed by atoms with Crippen molar-refractivity contribution in [1.29, 1.82) is 0 Å². The summed E-state index contributed by atoms with van der Waals surface area (Å²) in [5, 5.41) is 2.90. The highest BCUT2D eigenvalue weighted by atomic mass is 32.2. The summed E-state index contributed by atoms with van der Waals surface area (Å²) in [6, 6.07) is 18.2. The molecule has 2 heterocycles. The van der Waals surface area contributed by atoms with Crippen molar-refractivity contribution in [2.75, 3.05) is 6.61 Å². The van der Waals surface area contributed by atoms with Gasteiger partial charge in [0.2, 0.25) is 0 Å². The summed E-state index contributed by atoms with van der Waals surface area (Å²) in [4.78, 5) is 25.2. The Bertz CT molecular complexity index is 1180. The van der Waals surface area contributed by atoms with E-state index in [2.05, 4.69) is 10.9 Å². The molecule has 2 amide bonds. The summed E-state index contributed by atoms with van der Waals surface area (Å²) in [5.41, 5.74) is 6.74. The molecule has 0 aliphatic carbocycles. The molecule has 2 aromatic heterocycles. The Kier molecular flexibility index (Phi) is 6.59. The molecule has 0 spiro atoms. The molecule has 0 fully saturated rings. The lowest BCUT2D eigenvalue weighted by molar-refractivity contribution is 0.0831. The first kappa shape index (κ1) is 21.0. The van der Waals surface area contributed by atoms with Crippen LogP contribution in [0.25, 0.3) is 11.0 Å². The van der Waals surface area contributed by atoms with E-state index in [1.54, 1.807) is 47.4 Å². The number of hydrogen-bond donors (Lipinski definition) is 2. The number of para-hydroxylation sites is 1. The van der Waals surface area contributed by atoms with Crippen molar-refractivity contribution in [2.45, 2.75) is 16.9 Å². The van der Waals surface area contributed by atoms with Crippen molar-refractivity contribution >= 4 is 45.9 Å². The van der Waals surface area contributed by atoms with E-state index < -0.39 is 11.8 Å². The molecule has 0 saturated carbocycles. The van der Waals surface area contributed by atoms with Gasteiger partial charge in [-0.05, 0) is 48.7 Å². The number of carbonyl (C=O) groups is 2. The van der Waals surface area contributed by atoms with Crippen LogP contribution in [-0.2, 0) is 5.75 Å². The van der Waals surface area contributed by atoms with Crippen LogP contribution in [0.2, 0.25) is 0 Å². The Labute approximate surface area is 187 Å². The van der Waals surface area contributed by atoms with Crippen molar-refractivity contribution in [2.24, 2.45) is 0 Å². The van der Waals surface area contributed by atoms with Gasteiger partial charge in [-0.3, -0.25) is 20.4 Å². The van der Waals surface area contributed by atoms with Crippen molar-refractivity contribution in [3.8, 4) is 5.75 Å². The maximum atomic E-state index is 12.8. The van der Waals surface area contributed by atoms with E-state index in [1.165, 1.54) is 0 Å². The van der Waals surface area contributed by atoms with Crippen LogP contribution in [0.15, 0.2) is 74.7 Å². The number of thioether (sulfide) groups is 1. The lowest BCUT2D eigenvalue weighted by atomic mass is 10.1. The van der Waals surface area contributed by atoms with Gasteiger partial charge in [-0.15, -0.1) is 23.1 Å². The second kappa shape index (κ2) is 9.72. The second-order valence-electron chi connectivity index (χ2n) is 6.49. The normalized spacial score (nSPS) is 10.7. The Hall–Kier alpha value is -3.23. The average molecular weight is 453 g/mol. The summed E-state index contributed by atoms with van der Waals surface area (Å²) in [6.45, 7) is 2.44. The van der Waals surface area contributed by atoms with Crippen LogP contribution < -0.4 is 15.6 Å². The summed E-state index contributed by atoms with van der Waals surface area (Å²) >= 11 is 3.28. The fourth-order valence-electron chi connectivity index (χ4n) is 3.03. The van der Waals surface area contributed by atoms with E-state index in [4.69, 9.17) is 9.15 Å². The molecule has 0 atom stereocenters. The van der Waals surface area contributed by atoms with E-state index in [1.807, 2.05) is 48.7 Å². The number of benzene rings is 2. The fourth-order valence-corrected chi connectivity index (χ4v) is 4.84. The molecule has 0 unspecified atom stereocenters. The SMILES string of the molecule is CCOc1ccc(C(=O)NNC(=O)c2oc3ccccc3c2CSc2cccs2)cc1. The van der Waals surface area contributed by atoms with E-state index in [9.17, 15) is 9.59 Å². The van der Waals surface area contributed by atoms with Gasteiger partial charge in [0.15, 0.2) is 5.76 Å². The van der Waals surface area contributed by atoms with E-state index >= 15 is 0 Å². The largest absolute Gasteiger partial charge is 0.494 e. The second-order valence-corrected chi connectivity index (χ2v) is 8.72. The number of carbonyl (C=O) groups excluding carboxylic acids is 2. The zero-order chi connectivity index (χ0) is 21.6. The predicted octanol–water partition coefficient (Wildman–Crippen LogP) is 5.26. The van der Waals surface area contributed by atoms with E-state index in [0.717, 1.165) is 15.2 Å². The van der Waals surface area contributed by atoms with Gasteiger partial charge in [0, 0.05) is 22.3 Å². The Morgan fingerprint density at radius 2 is 1.77 bits per heavy atom. The topological polar surface area (TPSA) is 80.6 Å². The number of thiophene rings is 1. The number of rotatable bonds is 7. The first-order valence-corrected chi connectivity index (χ1v) is 11.5. The van der Waals surface area contributed by atoms with Crippen molar-refractivity contribution in [3.63, 3.8) is 0 Å². The van der Waals surface area contributed by atoms with Crippen LogP contribution in [0.3, 0.4) is 0 Å². The molecule has 4 aromatic rings. The zero-order valence-corrected chi connectivity index (χ0v) is 18.3. The number of ether oxygens (including phenoxy) is 1. The van der Waals surface area contributed by atoms with E-state index in [-0.39, 0.29) is 5.76 Å².